The normalized spacial score (nSPS) is 10.8. The van der Waals surface area contributed by atoms with Gasteiger partial charge in [-0.25, -0.2) is 5.43 Å². The maximum Gasteiger partial charge on any atom is 0.291 e. The molecule has 0 bridgehead atoms. The lowest BCUT2D eigenvalue weighted by Crippen LogP contribution is -2.18. The molecule has 3 aromatic rings. The summed E-state index contributed by atoms with van der Waals surface area (Å²) in [5.41, 5.74) is 3.81. The highest BCUT2D eigenvalue weighted by Crippen LogP contribution is 2.13. The van der Waals surface area contributed by atoms with Crippen molar-refractivity contribution < 1.29 is 14.6 Å². The summed E-state index contributed by atoms with van der Waals surface area (Å²) in [6.45, 7) is 0.345. The third-order valence-corrected chi connectivity index (χ3v) is 3.85. The second kappa shape index (κ2) is 8.52. The van der Waals surface area contributed by atoms with Gasteiger partial charge in [-0.05, 0) is 29.3 Å². The van der Waals surface area contributed by atoms with Crippen molar-refractivity contribution in [3.05, 3.63) is 97.8 Å². The fourth-order valence-electron chi connectivity index (χ4n) is 2.39. The Morgan fingerprint density at radius 1 is 1.00 bits per heavy atom. The standard InChI is InChI=1S/C18H14N6O5/c25-18(20-19-11-13-1-5-15(6-2-13)23(26)27)17-9-10-22(21-17)12-14-3-7-16(8-4-14)24(28)29/h1-11H,12H2,(H,20,25). The van der Waals surface area contributed by atoms with Crippen molar-refractivity contribution in [2.45, 2.75) is 6.54 Å². The summed E-state index contributed by atoms with van der Waals surface area (Å²) < 4.78 is 1.52. The van der Waals surface area contributed by atoms with Crippen molar-refractivity contribution in [1.82, 2.24) is 15.2 Å². The van der Waals surface area contributed by atoms with Crippen molar-refractivity contribution in [3.63, 3.8) is 0 Å². The van der Waals surface area contributed by atoms with Crippen LogP contribution in [-0.2, 0) is 6.54 Å². The lowest BCUT2D eigenvalue weighted by Gasteiger charge is -2.01. The van der Waals surface area contributed by atoms with Crippen LogP contribution >= 0.6 is 0 Å². The molecule has 1 amide bonds. The fourth-order valence-corrected chi connectivity index (χ4v) is 2.39. The van der Waals surface area contributed by atoms with Gasteiger partial charge in [0.1, 0.15) is 0 Å². The first-order valence-electron chi connectivity index (χ1n) is 8.27. The van der Waals surface area contributed by atoms with Crippen LogP contribution in [-0.4, -0.2) is 31.7 Å². The number of carbonyl (C=O) groups excluding carboxylic acids is 1. The summed E-state index contributed by atoms with van der Waals surface area (Å²) in [6.07, 6.45) is 2.96. The molecular weight excluding hydrogens is 380 g/mol. The highest BCUT2D eigenvalue weighted by molar-refractivity contribution is 5.93. The first-order valence-corrected chi connectivity index (χ1v) is 8.27. The number of carbonyl (C=O) groups is 1. The number of rotatable bonds is 7. The molecule has 0 aliphatic heterocycles. The highest BCUT2D eigenvalue weighted by Gasteiger charge is 2.10. The predicted molar refractivity (Wildman–Crippen MR) is 103 cm³/mol. The molecule has 146 valence electrons. The number of nitro benzene ring substituents is 2. The number of hydrogen-bond acceptors (Lipinski definition) is 7. The average Bonchev–Trinajstić information content (AvgIpc) is 3.17. The van der Waals surface area contributed by atoms with Crippen LogP contribution in [0.5, 0.6) is 0 Å². The zero-order chi connectivity index (χ0) is 20.8. The molecule has 0 saturated heterocycles. The van der Waals surface area contributed by atoms with Gasteiger partial charge in [0, 0.05) is 30.5 Å². The Labute approximate surface area is 163 Å². The van der Waals surface area contributed by atoms with Gasteiger partial charge < -0.3 is 0 Å². The van der Waals surface area contributed by atoms with Gasteiger partial charge in [-0.2, -0.15) is 10.2 Å². The van der Waals surface area contributed by atoms with Crippen molar-refractivity contribution in [1.29, 1.82) is 0 Å². The van der Waals surface area contributed by atoms with Crippen LogP contribution in [0, 0.1) is 20.2 Å². The number of aromatic nitrogens is 2. The van der Waals surface area contributed by atoms with E-state index in [1.807, 2.05) is 0 Å². The zero-order valence-electron chi connectivity index (χ0n) is 14.8. The quantitative estimate of drug-likeness (QED) is 0.370. The second-order valence-corrected chi connectivity index (χ2v) is 5.87. The van der Waals surface area contributed by atoms with Gasteiger partial charge in [-0.15, -0.1) is 0 Å². The summed E-state index contributed by atoms with van der Waals surface area (Å²) in [4.78, 5) is 32.4. The molecule has 0 fully saturated rings. The van der Waals surface area contributed by atoms with Crippen LogP contribution < -0.4 is 5.43 Å². The number of amides is 1. The first-order chi connectivity index (χ1) is 13.9. The van der Waals surface area contributed by atoms with E-state index < -0.39 is 15.8 Å². The number of benzene rings is 2. The van der Waals surface area contributed by atoms with Crippen LogP contribution in [0.1, 0.15) is 21.6 Å². The third kappa shape index (κ3) is 5.07. The number of nitrogens with one attached hydrogen (secondary N) is 1. The van der Waals surface area contributed by atoms with Crippen LogP contribution in [0.4, 0.5) is 11.4 Å². The van der Waals surface area contributed by atoms with E-state index in [1.54, 1.807) is 18.3 Å². The molecule has 0 atom stereocenters. The van der Waals surface area contributed by atoms with E-state index in [2.05, 4.69) is 15.6 Å². The Balaban J connectivity index is 1.57. The number of nitrogens with zero attached hydrogens (tertiary/aromatic N) is 5. The van der Waals surface area contributed by atoms with E-state index in [0.29, 0.717) is 12.1 Å². The molecule has 0 aliphatic carbocycles. The molecule has 1 aromatic heterocycles. The topological polar surface area (TPSA) is 146 Å². The highest BCUT2D eigenvalue weighted by atomic mass is 16.6. The molecule has 29 heavy (non-hydrogen) atoms. The van der Waals surface area contributed by atoms with E-state index in [-0.39, 0.29) is 17.1 Å². The average molecular weight is 394 g/mol. The fraction of sp³-hybridized carbons (Fsp3) is 0.0556. The lowest BCUT2D eigenvalue weighted by atomic mass is 10.2. The zero-order valence-corrected chi connectivity index (χ0v) is 14.8. The van der Waals surface area contributed by atoms with E-state index in [0.717, 1.165) is 5.56 Å². The van der Waals surface area contributed by atoms with Gasteiger partial charge in [-0.3, -0.25) is 29.7 Å². The maximum absolute atomic E-state index is 12.1. The monoisotopic (exact) mass is 394 g/mol. The first kappa shape index (κ1) is 19.4. The van der Waals surface area contributed by atoms with Gasteiger partial charge in [0.05, 0.1) is 22.6 Å². The Kier molecular flexibility index (Phi) is 5.69. The van der Waals surface area contributed by atoms with E-state index in [9.17, 15) is 25.0 Å². The minimum atomic E-state index is -0.523. The van der Waals surface area contributed by atoms with Crippen molar-refractivity contribution in [3.8, 4) is 0 Å². The molecule has 11 nitrogen and oxygen atoms in total. The molecule has 11 heteroatoms. The molecule has 2 aromatic carbocycles. The molecule has 0 spiro atoms. The second-order valence-electron chi connectivity index (χ2n) is 5.87. The van der Waals surface area contributed by atoms with Crippen LogP contribution in [0.15, 0.2) is 65.9 Å². The van der Waals surface area contributed by atoms with Crippen LogP contribution in [0.3, 0.4) is 0 Å². The number of non-ortho nitro benzene ring substituents is 2. The predicted octanol–water partition coefficient (Wildman–Crippen LogP) is 2.51. The molecular formula is C18H14N6O5. The van der Waals surface area contributed by atoms with E-state index in [1.165, 1.54) is 53.4 Å². The third-order valence-electron chi connectivity index (χ3n) is 3.85. The molecule has 0 aliphatic rings. The van der Waals surface area contributed by atoms with Gasteiger partial charge in [0.2, 0.25) is 0 Å². The van der Waals surface area contributed by atoms with Gasteiger partial charge in [-0.1, -0.05) is 12.1 Å². The number of hydrogen-bond donors (Lipinski definition) is 1. The Bertz CT molecular complexity index is 1070. The molecule has 0 radical (unpaired) electrons. The van der Waals surface area contributed by atoms with Crippen molar-refractivity contribution >= 4 is 23.5 Å². The Hall–Kier alpha value is -4.41. The van der Waals surface area contributed by atoms with Crippen molar-refractivity contribution in [2.75, 3.05) is 0 Å². The van der Waals surface area contributed by atoms with Crippen molar-refractivity contribution in [2.24, 2.45) is 5.10 Å². The minimum absolute atomic E-state index is 0.000153. The van der Waals surface area contributed by atoms with Gasteiger partial charge >= 0.3 is 0 Å². The molecule has 0 unspecified atom stereocenters. The molecule has 1 N–H and O–H groups in total. The molecule has 3 rings (SSSR count). The minimum Gasteiger partial charge on any atom is -0.268 e. The summed E-state index contributed by atoms with van der Waals surface area (Å²) >= 11 is 0. The SMILES string of the molecule is O=C(NN=Cc1ccc([N+](=O)[O-])cc1)c1ccn(Cc2ccc([N+](=O)[O-])cc2)n1. The molecule has 0 saturated carbocycles. The Morgan fingerprint density at radius 2 is 1.59 bits per heavy atom. The lowest BCUT2D eigenvalue weighted by molar-refractivity contribution is -0.385. The largest absolute Gasteiger partial charge is 0.291 e. The number of hydrazone groups is 1. The van der Waals surface area contributed by atoms with E-state index in [4.69, 9.17) is 0 Å². The number of nitro groups is 2. The van der Waals surface area contributed by atoms with E-state index >= 15 is 0 Å². The smallest absolute Gasteiger partial charge is 0.268 e. The summed E-state index contributed by atoms with van der Waals surface area (Å²) in [7, 11) is 0. The van der Waals surface area contributed by atoms with Crippen LogP contribution in [0.25, 0.3) is 0 Å². The van der Waals surface area contributed by atoms with Gasteiger partial charge in [0.25, 0.3) is 17.3 Å². The molecule has 1 heterocycles. The van der Waals surface area contributed by atoms with Gasteiger partial charge in [0.15, 0.2) is 5.69 Å². The maximum atomic E-state index is 12.1. The Morgan fingerprint density at radius 3 is 2.17 bits per heavy atom. The van der Waals surface area contributed by atoms with Crippen LogP contribution in [0.2, 0.25) is 0 Å². The summed E-state index contributed by atoms with van der Waals surface area (Å²) in [6, 6.07) is 13.2. The summed E-state index contributed by atoms with van der Waals surface area (Å²) in [5.74, 6) is -0.523. The summed E-state index contributed by atoms with van der Waals surface area (Å²) in [5, 5.41) is 29.2.